The van der Waals surface area contributed by atoms with Crippen LogP contribution in [0.5, 0.6) is 0 Å². The number of anilines is 1. The van der Waals surface area contributed by atoms with E-state index in [-0.39, 0.29) is 17.5 Å². The van der Waals surface area contributed by atoms with Crippen molar-refractivity contribution in [3.63, 3.8) is 0 Å². The van der Waals surface area contributed by atoms with Crippen LogP contribution in [0.4, 0.5) is 5.69 Å². The third-order valence-corrected chi connectivity index (χ3v) is 7.22. The molecule has 31 heavy (non-hydrogen) atoms. The highest BCUT2D eigenvalue weighted by Gasteiger charge is 2.26. The number of nitrogens with zero attached hydrogens (tertiary/aromatic N) is 2. The Labute approximate surface area is 188 Å². The maximum absolute atomic E-state index is 13.1. The zero-order valence-corrected chi connectivity index (χ0v) is 19.0. The lowest BCUT2D eigenvalue weighted by atomic mass is 9.88. The van der Waals surface area contributed by atoms with Crippen LogP contribution < -0.4 is 4.72 Å². The predicted octanol–water partition coefficient (Wildman–Crippen LogP) is 4.26. The average molecular weight is 460 g/mol. The fourth-order valence-corrected chi connectivity index (χ4v) is 5.21. The van der Waals surface area contributed by atoms with Crippen molar-refractivity contribution in [3.05, 3.63) is 64.7 Å². The van der Waals surface area contributed by atoms with Crippen LogP contribution in [0.3, 0.4) is 0 Å². The lowest BCUT2D eigenvalue weighted by Crippen LogP contribution is -2.38. The van der Waals surface area contributed by atoms with Gasteiger partial charge < -0.3 is 4.90 Å². The summed E-state index contributed by atoms with van der Waals surface area (Å²) in [5, 5.41) is 8.95. The van der Waals surface area contributed by atoms with Crippen LogP contribution in [-0.2, 0) is 10.0 Å². The molecule has 2 aromatic carbocycles. The molecular formula is C23H26ClN3O3S. The third-order valence-electron chi connectivity index (χ3n) is 5.58. The number of sulfonamides is 1. The number of benzene rings is 2. The summed E-state index contributed by atoms with van der Waals surface area (Å²) in [4.78, 5) is 15.0. The predicted molar refractivity (Wildman–Crippen MR) is 123 cm³/mol. The Morgan fingerprint density at radius 2 is 1.87 bits per heavy atom. The first kappa shape index (κ1) is 23.1. The van der Waals surface area contributed by atoms with Gasteiger partial charge in [0.2, 0.25) is 10.0 Å². The highest BCUT2D eigenvalue weighted by Crippen LogP contribution is 2.29. The number of halogens is 1. The number of rotatable bonds is 7. The van der Waals surface area contributed by atoms with Gasteiger partial charge in [-0.3, -0.25) is 9.52 Å². The zero-order valence-electron chi connectivity index (χ0n) is 17.5. The van der Waals surface area contributed by atoms with Crippen LogP contribution in [0.15, 0.2) is 42.5 Å². The SMILES string of the molecule is Cc1ccc(NS(=O)(=O)CCCCl)cc1C(=O)N1CCC(c2ccc(C#N)cc2)CC1. The number of aryl methyl sites for hydroxylation is 1. The molecule has 6 nitrogen and oxygen atoms in total. The Kier molecular flexibility index (Phi) is 7.58. The van der Waals surface area contributed by atoms with Crippen molar-refractivity contribution < 1.29 is 13.2 Å². The second-order valence-corrected chi connectivity index (χ2v) is 10.0. The number of carbonyl (C=O) groups is 1. The number of likely N-dealkylation sites (tertiary alicyclic amines) is 1. The van der Waals surface area contributed by atoms with E-state index in [9.17, 15) is 13.2 Å². The van der Waals surface area contributed by atoms with E-state index < -0.39 is 10.0 Å². The lowest BCUT2D eigenvalue weighted by Gasteiger charge is -2.32. The summed E-state index contributed by atoms with van der Waals surface area (Å²) in [6, 6.07) is 14.8. The van der Waals surface area contributed by atoms with Crippen molar-refractivity contribution in [3.8, 4) is 6.07 Å². The normalized spacial score (nSPS) is 14.8. The maximum atomic E-state index is 13.1. The largest absolute Gasteiger partial charge is 0.339 e. The summed E-state index contributed by atoms with van der Waals surface area (Å²) in [5.41, 5.74) is 3.54. The van der Waals surface area contributed by atoms with Crippen LogP contribution in [0.2, 0.25) is 0 Å². The minimum Gasteiger partial charge on any atom is -0.339 e. The summed E-state index contributed by atoms with van der Waals surface area (Å²) in [7, 11) is -3.50. The Hall–Kier alpha value is -2.56. The first-order valence-corrected chi connectivity index (χ1v) is 12.5. The number of hydrogen-bond acceptors (Lipinski definition) is 4. The van der Waals surface area contributed by atoms with E-state index in [1.54, 1.807) is 18.2 Å². The summed E-state index contributed by atoms with van der Waals surface area (Å²) in [6.45, 7) is 3.12. The molecule has 1 aliphatic heterocycles. The molecule has 0 unspecified atom stereocenters. The minimum atomic E-state index is -3.50. The average Bonchev–Trinajstić information content (AvgIpc) is 2.78. The van der Waals surface area contributed by atoms with Gasteiger partial charge in [0, 0.05) is 30.2 Å². The Morgan fingerprint density at radius 3 is 2.48 bits per heavy atom. The zero-order chi connectivity index (χ0) is 22.4. The van der Waals surface area contributed by atoms with Gasteiger partial charge in [-0.1, -0.05) is 18.2 Å². The number of carbonyl (C=O) groups excluding carboxylic acids is 1. The quantitative estimate of drug-likeness (QED) is 0.626. The van der Waals surface area contributed by atoms with Gasteiger partial charge in [-0.2, -0.15) is 5.26 Å². The molecule has 1 heterocycles. The Bertz CT molecular complexity index is 1070. The molecule has 0 saturated carbocycles. The second kappa shape index (κ2) is 10.2. The molecule has 1 N–H and O–H groups in total. The smallest absolute Gasteiger partial charge is 0.254 e. The fraction of sp³-hybridized carbons (Fsp3) is 0.391. The monoisotopic (exact) mass is 459 g/mol. The van der Waals surface area contributed by atoms with Crippen molar-refractivity contribution in [1.29, 1.82) is 5.26 Å². The molecule has 3 rings (SSSR count). The topological polar surface area (TPSA) is 90.3 Å². The van der Waals surface area contributed by atoms with Crippen molar-refractivity contribution in [1.82, 2.24) is 4.90 Å². The van der Waals surface area contributed by atoms with Gasteiger partial charge in [-0.25, -0.2) is 8.42 Å². The number of nitrogens with one attached hydrogen (secondary N) is 1. The van der Waals surface area contributed by atoms with Gasteiger partial charge >= 0.3 is 0 Å². The highest BCUT2D eigenvalue weighted by atomic mass is 35.5. The molecule has 0 atom stereocenters. The molecule has 0 bridgehead atoms. The number of piperidine rings is 1. The third kappa shape index (κ3) is 5.99. The first-order valence-electron chi connectivity index (χ1n) is 10.3. The standard InChI is InChI=1S/C23H26ClN3O3S/c1-17-3-8-21(26-31(29,30)14-2-11-24)15-22(17)23(28)27-12-9-20(10-13-27)19-6-4-18(16-25)5-7-19/h3-8,15,20,26H,2,9-14H2,1H3. The Morgan fingerprint density at radius 1 is 1.19 bits per heavy atom. The van der Waals surface area contributed by atoms with E-state index >= 15 is 0 Å². The molecule has 1 fully saturated rings. The van der Waals surface area contributed by atoms with Crippen LogP contribution in [0, 0.1) is 18.3 Å². The van der Waals surface area contributed by atoms with Gasteiger partial charge in [0.15, 0.2) is 0 Å². The molecule has 8 heteroatoms. The maximum Gasteiger partial charge on any atom is 0.254 e. The molecule has 0 aromatic heterocycles. The number of nitriles is 1. The van der Waals surface area contributed by atoms with Gasteiger partial charge in [0.05, 0.1) is 17.4 Å². The van der Waals surface area contributed by atoms with Crippen molar-refractivity contribution in [2.75, 3.05) is 29.4 Å². The van der Waals surface area contributed by atoms with E-state index in [0.29, 0.717) is 42.2 Å². The molecule has 0 aliphatic carbocycles. The summed E-state index contributed by atoms with van der Waals surface area (Å²) in [6.07, 6.45) is 2.06. The highest BCUT2D eigenvalue weighted by molar-refractivity contribution is 7.92. The van der Waals surface area contributed by atoms with Crippen molar-refractivity contribution >= 4 is 33.2 Å². The first-order chi connectivity index (χ1) is 14.8. The minimum absolute atomic E-state index is 0.0590. The van der Waals surface area contributed by atoms with E-state index in [1.165, 1.54) is 5.56 Å². The molecule has 0 spiro atoms. The molecule has 1 amide bonds. The molecule has 164 valence electrons. The van der Waals surface area contributed by atoms with E-state index in [1.807, 2.05) is 36.1 Å². The lowest BCUT2D eigenvalue weighted by molar-refractivity contribution is 0.0712. The van der Waals surface area contributed by atoms with Crippen molar-refractivity contribution in [2.24, 2.45) is 0 Å². The van der Waals surface area contributed by atoms with Gasteiger partial charge in [0.1, 0.15) is 0 Å². The van der Waals surface area contributed by atoms with Gasteiger partial charge in [0.25, 0.3) is 5.91 Å². The summed E-state index contributed by atoms with van der Waals surface area (Å²) < 4.78 is 26.8. The van der Waals surface area contributed by atoms with Crippen LogP contribution in [-0.4, -0.2) is 43.9 Å². The molecule has 0 radical (unpaired) electrons. The summed E-state index contributed by atoms with van der Waals surface area (Å²) >= 11 is 5.59. The van der Waals surface area contributed by atoms with Crippen LogP contribution in [0.1, 0.15) is 52.2 Å². The molecule has 2 aromatic rings. The van der Waals surface area contributed by atoms with E-state index in [4.69, 9.17) is 16.9 Å². The van der Waals surface area contributed by atoms with E-state index in [0.717, 1.165) is 18.4 Å². The van der Waals surface area contributed by atoms with E-state index in [2.05, 4.69) is 10.8 Å². The van der Waals surface area contributed by atoms with Crippen LogP contribution >= 0.6 is 11.6 Å². The fourth-order valence-electron chi connectivity index (χ4n) is 3.81. The molecule has 1 aliphatic rings. The van der Waals surface area contributed by atoms with Gasteiger partial charge in [-0.05, 0) is 67.5 Å². The Balaban J connectivity index is 1.67. The second-order valence-electron chi connectivity index (χ2n) is 7.79. The number of amides is 1. The van der Waals surface area contributed by atoms with Gasteiger partial charge in [-0.15, -0.1) is 11.6 Å². The van der Waals surface area contributed by atoms with Crippen molar-refractivity contribution in [2.45, 2.75) is 32.1 Å². The molecular weight excluding hydrogens is 434 g/mol. The number of hydrogen-bond donors (Lipinski definition) is 1. The number of alkyl halides is 1. The molecule has 1 saturated heterocycles. The summed E-state index contributed by atoms with van der Waals surface area (Å²) in [5.74, 6) is 0.489. The van der Waals surface area contributed by atoms with Crippen LogP contribution in [0.25, 0.3) is 0 Å².